The predicted octanol–water partition coefficient (Wildman–Crippen LogP) is 3.32. The number of hydrogen-bond acceptors (Lipinski definition) is 3. The predicted molar refractivity (Wildman–Crippen MR) is 97.8 cm³/mol. The van der Waals surface area contributed by atoms with Gasteiger partial charge in [-0.2, -0.15) is 0 Å². The highest BCUT2D eigenvalue weighted by molar-refractivity contribution is 5.78. The lowest BCUT2D eigenvalue weighted by Gasteiger charge is -2.23. The molecule has 0 saturated heterocycles. The van der Waals surface area contributed by atoms with Crippen molar-refractivity contribution in [1.29, 1.82) is 0 Å². The van der Waals surface area contributed by atoms with Crippen molar-refractivity contribution < 1.29 is 9.90 Å². The Morgan fingerprint density at radius 1 is 1.08 bits per heavy atom. The molecule has 1 aromatic carbocycles. The highest BCUT2D eigenvalue weighted by atomic mass is 16.2. The van der Waals surface area contributed by atoms with Crippen molar-refractivity contribution in [3.05, 3.63) is 35.9 Å². The van der Waals surface area contributed by atoms with E-state index in [2.05, 4.69) is 22.8 Å². The summed E-state index contributed by atoms with van der Waals surface area (Å²) in [6, 6.07) is 10.6. The van der Waals surface area contributed by atoms with Gasteiger partial charge < -0.3 is 15.7 Å². The van der Waals surface area contributed by atoms with Gasteiger partial charge in [-0.05, 0) is 31.2 Å². The normalized spacial score (nSPS) is 17.7. The second-order valence-corrected chi connectivity index (χ2v) is 6.82. The molecule has 1 unspecified atom stereocenters. The summed E-state index contributed by atoms with van der Waals surface area (Å²) in [5, 5.41) is 15.7. The van der Waals surface area contributed by atoms with Crippen LogP contribution in [0.15, 0.2) is 30.3 Å². The molecular formula is C20H32N2O2. The van der Waals surface area contributed by atoms with E-state index in [9.17, 15) is 4.79 Å². The summed E-state index contributed by atoms with van der Waals surface area (Å²) < 4.78 is 0. The molecule has 0 aliphatic heterocycles. The zero-order valence-electron chi connectivity index (χ0n) is 14.7. The molecule has 1 aromatic rings. The zero-order chi connectivity index (χ0) is 17.0. The lowest BCUT2D eigenvalue weighted by molar-refractivity contribution is -0.121. The number of nitrogens with one attached hydrogen (secondary N) is 2. The second kappa shape index (κ2) is 11.2. The number of aliphatic hydroxyl groups is 1. The van der Waals surface area contributed by atoms with Crippen LogP contribution in [0.2, 0.25) is 0 Å². The molecule has 3 N–H and O–H groups in total. The number of carbonyl (C=O) groups excluding carboxylic acids is 1. The molecule has 2 rings (SSSR count). The molecule has 0 heterocycles. The molecule has 24 heavy (non-hydrogen) atoms. The van der Waals surface area contributed by atoms with Crippen LogP contribution < -0.4 is 10.6 Å². The quantitative estimate of drug-likeness (QED) is 0.684. The first-order valence-electron chi connectivity index (χ1n) is 9.48. The Balaban J connectivity index is 1.80. The molecule has 4 heteroatoms. The van der Waals surface area contributed by atoms with Crippen LogP contribution in [-0.4, -0.2) is 30.2 Å². The highest BCUT2D eigenvalue weighted by Gasteiger charge is 2.16. The van der Waals surface area contributed by atoms with Crippen LogP contribution in [0.5, 0.6) is 0 Å². The van der Waals surface area contributed by atoms with Crippen molar-refractivity contribution in [2.24, 2.45) is 0 Å². The molecule has 0 spiro atoms. The van der Waals surface area contributed by atoms with Crippen LogP contribution in [0.3, 0.4) is 0 Å². The molecule has 1 atom stereocenters. The first kappa shape index (κ1) is 18.9. The number of aliphatic hydroxyl groups excluding tert-OH is 1. The Morgan fingerprint density at radius 2 is 1.75 bits per heavy atom. The minimum absolute atomic E-state index is 0.0884. The molecule has 1 aliphatic carbocycles. The number of carbonyl (C=O) groups is 1. The summed E-state index contributed by atoms with van der Waals surface area (Å²) in [7, 11) is 0. The first-order valence-corrected chi connectivity index (χ1v) is 9.48. The van der Waals surface area contributed by atoms with Crippen LogP contribution in [0.25, 0.3) is 0 Å². The van der Waals surface area contributed by atoms with Crippen molar-refractivity contribution in [2.45, 2.75) is 69.9 Å². The van der Waals surface area contributed by atoms with Gasteiger partial charge in [-0.3, -0.25) is 4.79 Å². The van der Waals surface area contributed by atoms with E-state index in [0.717, 1.165) is 25.7 Å². The lowest BCUT2D eigenvalue weighted by atomic mass is 9.97. The van der Waals surface area contributed by atoms with Crippen LogP contribution in [0.1, 0.15) is 69.4 Å². The number of amides is 1. The Hall–Kier alpha value is -1.39. The maximum absolute atomic E-state index is 12.3. The van der Waals surface area contributed by atoms with E-state index in [1.165, 1.54) is 37.7 Å². The van der Waals surface area contributed by atoms with Crippen LogP contribution in [-0.2, 0) is 4.79 Å². The second-order valence-electron chi connectivity index (χ2n) is 6.82. The van der Waals surface area contributed by atoms with E-state index in [1.54, 1.807) is 0 Å². The molecule has 0 aromatic heterocycles. The van der Waals surface area contributed by atoms with Gasteiger partial charge in [0.25, 0.3) is 0 Å². The molecule has 1 amide bonds. The van der Waals surface area contributed by atoms with E-state index in [4.69, 9.17) is 5.11 Å². The summed E-state index contributed by atoms with van der Waals surface area (Å²) in [4.78, 5) is 12.3. The van der Waals surface area contributed by atoms with E-state index in [-0.39, 0.29) is 18.6 Å². The average Bonchev–Trinajstić information content (AvgIpc) is 2.58. The summed E-state index contributed by atoms with van der Waals surface area (Å²) in [5.74, 6) is 0.0884. The van der Waals surface area contributed by atoms with E-state index < -0.39 is 0 Å². The fourth-order valence-electron chi connectivity index (χ4n) is 3.46. The minimum Gasteiger partial charge on any atom is -0.396 e. The number of hydrogen-bond donors (Lipinski definition) is 3. The van der Waals surface area contributed by atoms with Gasteiger partial charge in [0, 0.05) is 18.7 Å². The van der Waals surface area contributed by atoms with Crippen LogP contribution >= 0.6 is 0 Å². The number of benzene rings is 1. The number of rotatable bonds is 8. The van der Waals surface area contributed by atoms with E-state index in [0.29, 0.717) is 12.6 Å². The van der Waals surface area contributed by atoms with Crippen LogP contribution in [0.4, 0.5) is 0 Å². The van der Waals surface area contributed by atoms with Crippen LogP contribution in [0, 0.1) is 0 Å². The van der Waals surface area contributed by atoms with Gasteiger partial charge >= 0.3 is 0 Å². The van der Waals surface area contributed by atoms with Gasteiger partial charge in [-0.25, -0.2) is 0 Å². The molecule has 1 aliphatic rings. The van der Waals surface area contributed by atoms with Gasteiger partial charge in [-0.1, -0.05) is 62.4 Å². The fourth-order valence-corrected chi connectivity index (χ4v) is 3.46. The van der Waals surface area contributed by atoms with Gasteiger partial charge in [0.1, 0.15) is 0 Å². The van der Waals surface area contributed by atoms with Crippen molar-refractivity contribution >= 4 is 5.91 Å². The maximum atomic E-state index is 12.3. The Labute approximate surface area is 146 Å². The van der Waals surface area contributed by atoms with Gasteiger partial charge in [0.05, 0.1) is 6.54 Å². The SMILES string of the molecule is O=C(CNC(CCCO)c1ccccc1)NC1CCCCCCC1. The zero-order valence-corrected chi connectivity index (χ0v) is 14.7. The topological polar surface area (TPSA) is 61.4 Å². The molecule has 4 nitrogen and oxygen atoms in total. The molecule has 0 radical (unpaired) electrons. The standard InChI is InChI=1S/C20H32N2O2/c23-15-9-14-19(17-10-5-4-6-11-17)21-16-20(24)22-18-12-7-2-1-3-8-13-18/h4-6,10-11,18-19,21,23H,1-3,7-9,12-16H2,(H,22,24). The van der Waals surface area contributed by atoms with Crippen molar-refractivity contribution in [2.75, 3.05) is 13.2 Å². The van der Waals surface area contributed by atoms with Crippen molar-refractivity contribution in [3.8, 4) is 0 Å². The van der Waals surface area contributed by atoms with Gasteiger partial charge in [0.2, 0.25) is 5.91 Å². The molecule has 0 bridgehead atoms. The fraction of sp³-hybridized carbons (Fsp3) is 0.650. The highest BCUT2D eigenvalue weighted by Crippen LogP contribution is 2.18. The third-order valence-electron chi connectivity index (χ3n) is 4.83. The largest absolute Gasteiger partial charge is 0.396 e. The first-order chi connectivity index (χ1) is 11.8. The third-order valence-corrected chi connectivity index (χ3v) is 4.83. The van der Waals surface area contributed by atoms with Crippen molar-refractivity contribution in [3.63, 3.8) is 0 Å². The molecule has 1 saturated carbocycles. The summed E-state index contributed by atoms with van der Waals surface area (Å²) in [6.45, 7) is 0.515. The lowest BCUT2D eigenvalue weighted by Crippen LogP contribution is -2.41. The Morgan fingerprint density at radius 3 is 2.42 bits per heavy atom. The van der Waals surface area contributed by atoms with E-state index in [1.807, 2.05) is 18.2 Å². The van der Waals surface area contributed by atoms with E-state index >= 15 is 0 Å². The van der Waals surface area contributed by atoms with Gasteiger partial charge in [-0.15, -0.1) is 0 Å². The molecule has 1 fully saturated rings. The van der Waals surface area contributed by atoms with Gasteiger partial charge in [0.15, 0.2) is 0 Å². The summed E-state index contributed by atoms with van der Waals surface area (Å²) >= 11 is 0. The minimum atomic E-state index is 0.0884. The smallest absolute Gasteiger partial charge is 0.234 e. The summed E-state index contributed by atoms with van der Waals surface area (Å²) in [6.07, 6.45) is 10.2. The molecular weight excluding hydrogens is 300 g/mol. The Kier molecular flexibility index (Phi) is 8.85. The van der Waals surface area contributed by atoms with Crippen molar-refractivity contribution in [1.82, 2.24) is 10.6 Å². The Bertz CT molecular complexity index is 456. The average molecular weight is 332 g/mol. The summed E-state index contributed by atoms with van der Waals surface area (Å²) in [5.41, 5.74) is 1.17. The third kappa shape index (κ3) is 7.02. The molecule has 134 valence electrons. The monoisotopic (exact) mass is 332 g/mol. The maximum Gasteiger partial charge on any atom is 0.234 e.